The van der Waals surface area contributed by atoms with Gasteiger partial charge in [0.15, 0.2) is 0 Å². The number of amides is 1. The van der Waals surface area contributed by atoms with Crippen LogP contribution in [0.4, 0.5) is 0 Å². The van der Waals surface area contributed by atoms with Crippen LogP contribution in [-0.2, 0) is 17.9 Å². The Labute approximate surface area is 177 Å². The smallest absolute Gasteiger partial charge is 0.246 e. The van der Waals surface area contributed by atoms with Gasteiger partial charge in [-0.3, -0.25) is 14.7 Å². The maximum Gasteiger partial charge on any atom is 0.246 e. The molecule has 156 valence electrons. The number of aromatic nitrogens is 2. The molecule has 1 amide bonds. The molecule has 0 N–H and O–H groups in total. The first kappa shape index (κ1) is 20.2. The van der Waals surface area contributed by atoms with Crippen molar-refractivity contribution in [3.63, 3.8) is 0 Å². The van der Waals surface area contributed by atoms with Crippen LogP contribution in [0.3, 0.4) is 0 Å². The predicted octanol–water partition coefficient (Wildman–Crippen LogP) is 3.50. The highest BCUT2D eigenvalue weighted by Gasteiger charge is 2.19. The maximum atomic E-state index is 12.7. The van der Waals surface area contributed by atoms with Crippen molar-refractivity contribution in [1.29, 1.82) is 0 Å². The second kappa shape index (κ2) is 9.13. The second-order valence-electron chi connectivity index (χ2n) is 7.78. The van der Waals surface area contributed by atoms with E-state index in [0.717, 1.165) is 55.4 Å². The van der Waals surface area contributed by atoms with E-state index in [2.05, 4.69) is 34.4 Å². The van der Waals surface area contributed by atoms with Crippen LogP contribution in [0.25, 0.3) is 6.08 Å². The fourth-order valence-corrected chi connectivity index (χ4v) is 3.94. The summed E-state index contributed by atoms with van der Waals surface area (Å²) in [5.74, 6) is 1.00. The van der Waals surface area contributed by atoms with Gasteiger partial charge in [0.05, 0.1) is 12.8 Å². The van der Waals surface area contributed by atoms with Crippen LogP contribution < -0.4 is 0 Å². The van der Waals surface area contributed by atoms with Crippen LogP contribution in [0, 0.1) is 13.8 Å². The number of hydrogen-bond donors (Lipinski definition) is 0. The van der Waals surface area contributed by atoms with E-state index in [-0.39, 0.29) is 5.91 Å². The quantitative estimate of drug-likeness (QED) is 0.590. The van der Waals surface area contributed by atoms with Crippen molar-refractivity contribution in [2.75, 3.05) is 26.2 Å². The largest absolute Gasteiger partial charge is 0.467 e. The van der Waals surface area contributed by atoms with Gasteiger partial charge in [-0.25, -0.2) is 0 Å². The number of rotatable bonds is 6. The third kappa shape index (κ3) is 4.71. The van der Waals surface area contributed by atoms with Gasteiger partial charge >= 0.3 is 0 Å². The van der Waals surface area contributed by atoms with Gasteiger partial charge in [0.25, 0.3) is 0 Å². The molecule has 1 saturated heterocycles. The summed E-state index contributed by atoms with van der Waals surface area (Å²) in [7, 11) is 0. The summed E-state index contributed by atoms with van der Waals surface area (Å²) in [4.78, 5) is 21.1. The van der Waals surface area contributed by atoms with Crippen molar-refractivity contribution >= 4 is 12.0 Å². The normalized spacial score (nSPS) is 15.2. The van der Waals surface area contributed by atoms with Crippen molar-refractivity contribution in [2.45, 2.75) is 26.9 Å². The number of carbonyl (C=O) groups is 1. The van der Waals surface area contributed by atoms with E-state index in [4.69, 9.17) is 4.42 Å². The minimum Gasteiger partial charge on any atom is -0.467 e. The number of pyridine rings is 1. The van der Waals surface area contributed by atoms with E-state index in [0.29, 0.717) is 6.54 Å². The Morgan fingerprint density at radius 2 is 1.87 bits per heavy atom. The highest BCUT2D eigenvalue weighted by atomic mass is 16.3. The van der Waals surface area contributed by atoms with Gasteiger partial charge in [-0.05, 0) is 61.4 Å². The highest BCUT2D eigenvalue weighted by Crippen LogP contribution is 2.19. The first-order chi connectivity index (χ1) is 14.6. The summed E-state index contributed by atoms with van der Waals surface area (Å²) in [5, 5.41) is 0. The molecule has 1 aliphatic heterocycles. The molecule has 6 heteroatoms. The van der Waals surface area contributed by atoms with Crippen LogP contribution in [0.2, 0.25) is 0 Å². The van der Waals surface area contributed by atoms with Gasteiger partial charge < -0.3 is 13.9 Å². The molecule has 4 heterocycles. The molecule has 30 heavy (non-hydrogen) atoms. The average Bonchev–Trinajstić information content (AvgIpc) is 3.37. The lowest BCUT2D eigenvalue weighted by Gasteiger charge is -2.34. The van der Waals surface area contributed by atoms with Crippen LogP contribution in [0.1, 0.15) is 28.3 Å². The van der Waals surface area contributed by atoms with Gasteiger partial charge in [-0.2, -0.15) is 0 Å². The molecule has 4 rings (SSSR count). The van der Waals surface area contributed by atoms with E-state index in [1.165, 1.54) is 5.56 Å². The van der Waals surface area contributed by atoms with Gasteiger partial charge in [0.1, 0.15) is 5.76 Å². The summed E-state index contributed by atoms with van der Waals surface area (Å²) in [6.07, 6.45) is 8.99. The minimum atomic E-state index is 0.0781. The molecule has 0 spiro atoms. The molecule has 3 aromatic rings. The lowest BCUT2D eigenvalue weighted by Crippen LogP contribution is -2.47. The SMILES string of the molecule is Cc1cc(C=CC(=O)N2CCN(Cc3ccncc3)CC2)c(C)n1Cc1ccco1. The molecule has 0 aliphatic carbocycles. The third-order valence-electron chi connectivity index (χ3n) is 5.75. The summed E-state index contributed by atoms with van der Waals surface area (Å²) in [6.45, 7) is 9.06. The number of hydrogen-bond acceptors (Lipinski definition) is 4. The Hall–Kier alpha value is -3.12. The van der Waals surface area contributed by atoms with Gasteiger partial charge in [0.2, 0.25) is 5.91 Å². The summed E-state index contributed by atoms with van der Waals surface area (Å²) >= 11 is 0. The molecular weight excluding hydrogens is 376 g/mol. The Kier molecular flexibility index (Phi) is 6.14. The first-order valence-electron chi connectivity index (χ1n) is 10.4. The van der Waals surface area contributed by atoms with Crippen molar-refractivity contribution in [3.05, 3.63) is 83.3 Å². The molecule has 0 aromatic carbocycles. The van der Waals surface area contributed by atoms with Crippen LogP contribution in [0.5, 0.6) is 0 Å². The van der Waals surface area contributed by atoms with E-state index in [9.17, 15) is 4.79 Å². The number of furan rings is 1. The molecule has 3 aromatic heterocycles. The fourth-order valence-electron chi connectivity index (χ4n) is 3.94. The number of piperazine rings is 1. The van der Waals surface area contributed by atoms with E-state index >= 15 is 0 Å². The van der Waals surface area contributed by atoms with E-state index < -0.39 is 0 Å². The van der Waals surface area contributed by atoms with Crippen molar-refractivity contribution in [1.82, 2.24) is 19.4 Å². The highest BCUT2D eigenvalue weighted by molar-refractivity contribution is 5.92. The Morgan fingerprint density at radius 1 is 1.10 bits per heavy atom. The summed E-state index contributed by atoms with van der Waals surface area (Å²) in [6, 6.07) is 10.1. The molecule has 0 bridgehead atoms. The lowest BCUT2D eigenvalue weighted by molar-refractivity contribution is -0.127. The third-order valence-corrected chi connectivity index (χ3v) is 5.75. The molecular formula is C24H28N4O2. The van der Waals surface area contributed by atoms with Crippen LogP contribution in [-0.4, -0.2) is 51.4 Å². The Morgan fingerprint density at radius 3 is 2.57 bits per heavy atom. The minimum absolute atomic E-state index is 0.0781. The van der Waals surface area contributed by atoms with E-state index in [1.807, 2.05) is 47.6 Å². The molecule has 0 unspecified atom stereocenters. The van der Waals surface area contributed by atoms with E-state index in [1.54, 1.807) is 12.3 Å². The van der Waals surface area contributed by atoms with Gasteiger partial charge in [-0.1, -0.05) is 0 Å². The zero-order valence-electron chi connectivity index (χ0n) is 17.6. The zero-order valence-corrected chi connectivity index (χ0v) is 17.6. The van der Waals surface area contributed by atoms with Crippen LogP contribution >= 0.6 is 0 Å². The molecule has 0 radical (unpaired) electrons. The monoisotopic (exact) mass is 404 g/mol. The molecule has 0 saturated carbocycles. The second-order valence-corrected chi connectivity index (χ2v) is 7.78. The molecule has 1 fully saturated rings. The van der Waals surface area contributed by atoms with Crippen LogP contribution in [0.15, 0.2) is 59.5 Å². The number of carbonyl (C=O) groups excluding carboxylic acids is 1. The lowest BCUT2D eigenvalue weighted by atomic mass is 10.2. The first-order valence-corrected chi connectivity index (χ1v) is 10.4. The average molecular weight is 405 g/mol. The van der Waals surface area contributed by atoms with Crippen molar-refractivity contribution in [3.8, 4) is 0 Å². The Bertz CT molecular complexity index is 998. The standard InChI is InChI=1S/C24H28N4O2/c1-19-16-22(20(2)28(19)18-23-4-3-15-30-23)5-6-24(29)27-13-11-26(12-14-27)17-21-7-9-25-10-8-21/h3-10,15-16H,11-14,17-18H2,1-2H3. The van der Waals surface area contributed by atoms with Crippen molar-refractivity contribution < 1.29 is 9.21 Å². The zero-order chi connectivity index (χ0) is 20.9. The number of nitrogens with zero attached hydrogens (tertiary/aromatic N) is 4. The maximum absolute atomic E-state index is 12.7. The molecule has 6 nitrogen and oxygen atoms in total. The molecule has 1 aliphatic rings. The topological polar surface area (TPSA) is 54.5 Å². The fraction of sp³-hybridized carbons (Fsp3) is 0.333. The predicted molar refractivity (Wildman–Crippen MR) is 117 cm³/mol. The molecule has 0 atom stereocenters. The summed E-state index contributed by atoms with van der Waals surface area (Å²) in [5.41, 5.74) is 4.62. The number of aryl methyl sites for hydroxylation is 1. The van der Waals surface area contributed by atoms with Crippen molar-refractivity contribution in [2.24, 2.45) is 0 Å². The Balaban J connectivity index is 1.33. The summed E-state index contributed by atoms with van der Waals surface area (Å²) < 4.78 is 7.68. The van der Waals surface area contributed by atoms with Gasteiger partial charge in [0, 0.05) is 62.6 Å². The van der Waals surface area contributed by atoms with Gasteiger partial charge in [-0.15, -0.1) is 0 Å².